The molecule has 2 N–H and O–H groups in total. The van der Waals surface area contributed by atoms with Gasteiger partial charge >= 0.3 is 0 Å². The monoisotopic (exact) mass is 394 g/mol. The number of fused-ring (bicyclic) bond motifs is 2. The van der Waals surface area contributed by atoms with Gasteiger partial charge in [0.05, 0.1) is 10.9 Å². The highest BCUT2D eigenvalue weighted by Gasteiger charge is 2.33. The molecule has 0 atom stereocenters. The number of H-pyrrole nitrogens is 1. The Balaban J connectivity index is 1.39. The summed E-state index contributed by atoms with van der Waals surface area (Å²) in [5.41, 5.74) is 1.81. The molecule has 0 spiro atoms. The number of nitrogens with zero attached hydrogens (tertiary/aromatic N) is 4. The molecule has 148 valence electrons. The van der Waals surface area contributed by atoms with Gasteiger partial charge in [0, 0.05) is 31.0 Å². The van der Waals surface area contributed by atoms with E-state index < -0.39 is 5.67 Å². The molecule has 0 unspecified atom stereocenters. The van der Waals surface area contributed by atoms with Crippen LogP contribution >= 0.6 is 0 Å². The summed E-state index contributed by atoms with van der Waals surface area (Å²) in [6.45, 7) is 2.32. The van der Waals surface area contributed by atoms with Crippen molar-refractivity contribution in [3.05, 3.63) is 42.2 Å². The van der Waals surface area contributed by atoms with E-state index in [2.05, 4.69) is 25.7 Å². The van der Waals surface area contributed by atoms with E-state index in [1.54, 1.807) is 30.2 Å². The minimum atomic E-state index is -1.21. The molecule has 1 fully saturated rings. The molecule has 29 heavy (non-hydrogen) atoms. The Morgan fingerprint density at radius 3 is 2.97 bits per heavy atom. The fraction of sp³-hybridized carbons (Fsp3) is 0.300. The Bertz CT molecular complexity index is 1200. The van der Waals surface area contributed by atoms with Gasteiger partial charge in [0.25, 0.3) is 5.91 Å². The number of aromatic nitrogens is 4. The molecule has 4 aromatic rings. The number of piperidine rings is 1. The Morgan fingerprint density at radius 2 is 2.14 bits per heavy atom. The summed E-state index contributed by atoms with van der Waals surface area (Å²) in [7, 11) is 0. The maximum absolute atomic E-state index is 14.0. The topological polar surface area (TPSA) is 99.9 Å². The number of benzene rings is 1. The molecule has 8 nitrogen and oxygen atoms in total. The Labute approximate surface area is 165 Å². The number of carbonyl (C=O) groups excluding carboxylic acids is 1. The summed E-state index contributed by atoms with van der Waals surface area (Å²) >= 11 is 0. The van der Waals surface area contributed by atoms with Gasteiger partial charge in [-0.05, 0) is 44.0 Å². The fourth-order valence-electron chi connectivity index (χ4n) is 3.57. The molecule has 9 heteroatoms. The number of rotatable bonds is 3. The lowest BCUT2D eigenvalue weighted by atomic mass is 9.95. The second kappa shape index (κ2) is 6.54. The molecule has 1 amide bonds. The average Bonchev–Trinajstić information content (AvgIpc) is 3.32. The number of alkyl halides is 1. The zero-order chi connectivity index (χ0) is 20.0. The van der Waals surface area contributed by atoms with Crippen molar-refractivity contribution >= 4 is 39.4 Å². The van der Waals surface area contributed by atoms with E-state index in [0.717, 1.165) is 16.7 Å². The van der Waals surface area contributed by atoms with E-state index in [9.17, 15) is 9.18 Å². The summed E-state index contributed by atoms with van der Waals surface area (Å²) in [5, 5.41) is 15.0. The van der Waals surface area contributed by atoms with Crippen LogP contribution in [0.2, 0.25) is 0 Å². The normalized spacial score (nSPS) is 16.4. The van der Waals surface area contributed by atoms with E-state index in [0.29, 0.717) is 42.7 Å². The first kappa shape index (κ1) is 17.6. The van der Waals surface area contributed by atoms with Crippen LogP contribution < -0.4 is 5.32 Å². The van der Waals surface area contributed by atoms with Crippen LogP contribution in [0, 0.1) is 0 Å². The van der Waals surface area contributed by atoms with Gasteiger partial charge in [-0.2, -0.15) is 5.10 Å². The fourth-order valence-corrected chi connectivity index (χ4v) is 3.57. The first-order valence-corrected chi connectivity index (χ1v) is 9.44. The number of amides is 1. The summed E-state index contributed by atoms with van der Waals surface area (Å²) in [4.78, 5) is 18.8. The van der Waals surface area contributed by atoms with E-state index in [-0.39, 0.29) is 11.6 Å². The quantitative estimate of drug-likeness (QED) is 0.548. The summed E-state index contributed by atoms with van der Waals surface area (Å²) in [6.07, 6.45) is 2.36. The van der Waals surface area contributed by atoms with Crippen LogP contribution in [0.1, 0.15) is 30.3 Å². The van der Waals surface area contributed by atoms with Crippen LogP contribution in [0.15, 0.2) is 41.1 Å². The van der Waals surface area contributed by atoms with Gasteiger partial charge in [-0.3, -0.25) is 14.9 Å². The van der Waals surface area contributed by atoms with Crippen molar-refractivity contribution in [2.75, 3.05) is 18.4 Å². The predicted molar refractivity (Wildman–Crippen MR) is 106 cm³/mol. The van der Waals surface area contributed by atoms with Crippen LogP contribution in [-0.4, -0.2) is 49.9 Å². The molecular weight excluding hydrogens is 375 g/mol. The molecule has 1 saturated heterocycles. The van der Waals surface area contributed by atoms with Crippen LogP contribution in [0.3, 0.4) is 0 Å². The lowest BCUT2D eigenvalue weighted by Gasteiger charge is -2.33. The minimum absolute atomic E-state index is 0.234. The smallest absolute Gasteiger partial charge is 0.276 e. The number of pyridine rings is 1. The van der Waals surface area contributed by atoms with Crippen molar-refractivity contribution in [2.45, 2.75) is 25.4 Å². The van der Waals surface area contributed by atoms with Gasteiger partial charge in [-0.15, -0.1) is 0 Å². The third-order valence-electron chi connectivity index (χ3n) is 5.35. The van der Waals surface area contributed by atoms with E-state index in [1.165, 1.54) is 0 Å². The summed E-state index contributed by atoms with van der Waals surface area (Å²) in [5.74, 6) is 0.362. The standard InChI is InChI=1S/C20H19FN6O2/c1-20(21)6-9-27(10-7-20)19(28)16-13-5-4-12(11-15(13)29-26-16)23-18-17-14(24-25-18)3-2-8-22-17/h2-5,8,11H,6-7,9-10H2,1H3,(H2,23,24,25). The molecule has 1 aliphatic rings. The van der Waals surface area contributed by atoms with E-state index in [4.69, 9.17) is 4.52 Å². The van der Waals surface area contributed by atoms with Crippen LogP contribution in [0.25, 0.3) is 22.0 Å². The predicted octanol–water partition coefficient (Wildman–Crippen LogP) is 3.81. The molecule has 5 rings (SSSR count). The number of nitrogens with one attached hydrogen (secondary N) is 2. The summed E-state index contributed by atoms with van der Waals surface area (Å²) in [6, 6.07) is 9.10. The maximum atomic E-state index is 14.0. The molecule has 0 saturated carbocycles. The molecular formula is C20H19FN6O2. The van der Waals surface area contributed by atoms with Gasteiger partial charge in [-0.1, -0.05) is 5.16 Å². The van der Waals surface area contributed by atoms with Crippen molar-refractivity contribution in [2.24, 2.45) is 0 Å². The van der Waals surface area contributed by atoms with Crippen molar-refractivity contribution in [3.63, 3.8) is 0 Å². The molecule has 0 bridgehead atoms. The van der Waals surface area contributed by atoms with Crippen molar-refractivity contribution in [3.8, 4) is 0 Å². The highest BCUT2D eigenvalue weighted by Crippen LogP contribution is 2.29. The van der Waals surface area contributed by atoms with E-state index in [1.807, 2.05) is 18.2 Å². The number of hydrogen-bond donors (Lipinski definition) is 2. The average molecular weight is 394 g/mol. The van der Waals surface area contributed by atoms with Gasteiger partial charge in [-0.25, -0.2) is 4.39 Å². The zero-order valence-electron chi connectivity index (χ0n) is 15.8. The lowest BCUT2D eigenvalue weighted by Crippen LogP contribution is -2.43. The van der Waals surface area contributed by atoms with Crippen LogP contribution in [0.4, 0.5) is 15.9 Å². The van der Waals surface area contributed by atoms with Crippen molar-refractivity contribution in [1.82, 2.24) is 25.2 Å². The zero-order valence-corrected chi connectivity index (χ0v) is 15.8. The number of likely N-dealkylation sites (tertiary alicyclic amines) is 1. The number of hydrogen-bond acceptors (Lipinski definition) is 6. The Kier molecular flexibility index (Phi) is 3.97. The largest absolute Gasteiger partial charge is 0.355 e. The maximum Gasteiger partial charge on any atom is 0.276 e. The van der Waals surface area contributed by atoms with Gasteiger partial charge < -0.3 is 14.7 Å². The third-order valence-corrected chi connectivity index (χ3v) is 5.35. The second-order valence-corrected chi connectivity index (χ2v) is 7.54. The van der Waals surface area contributed by atoms with Gasteiger partial charge in [0.15, 0.2) is 17.1 Å². The Morgan fingerprint density at radius 1 is 1.31 bits per heavy atom. The molecule has 0 radical (unpaired) electrons. The number of anilines is 2. The van der Waals surface area contributed by atoms with Crippen molar-refractivity contribution in [1.29, 1.82) is 0 Å². The second-order valence-electron chi connectivity index (χ2n) is 7.54. The Hall–Kier alpha value is -3.49. The molecule has 0 aliphatic carbocycles. The first-order chi connectivity index (χ1) is 14.0. The highest BCUT2D eigenvalue weighted by molar-refractivity contribution is 6.04. The number of halogens is 1. The van der Waals surface area contributed by atoms with Gasteiger partial charge in [0.2, 0.25) is 0 Å². The highest BCUT2D eigenvalue weighted by atomic mass is 19.1. The van der Waals surface area contributed by atoms with Crippen LogP contribution in [-0.2, 0) is 0 Å². The minimum Gasteiger partial charge on any atom is -0.355 e. The summed E-state index contributed by atoms with van der Waals surface area (Å²) < 4.78 is 19.4. The number of aromatic amines is 1. The molecule has 1 aliphatic heterocycles. The van der Waals surface area contributed by atoms with E-state index >= 15 is 0 Å². The molecule has 1 aromatic carbocycles. The van der Waals surface area contributed by atoms with Crippen molar-refractivity contribution < 1.29 is 13.7 Å². The molecule has 3 aromatic heterocycles. The van der Waals surface area contributed by atoms with Crippen LogP contribution in [0.5, 0.6) is 0 Å². The number of carbonyl (C=O) groups is 1. The lowest BCUT2D eigenvalue weighted by molar-refractivity contribution is 0.0497. The first-order valence-electron chi connectivity index (χ1n) is 9.44. The molecule has 4 heterocycles. The third kappa shape index (κ3) is 3.18. The van der Waals surface area contributed by atoms with Gasteiger partial charge in [0.1, 0.15) is 11.2 Å². The SMILES string of the molecule is CC1(F)CCN(C(=O)c2noc3cc(Nc4n[nH]c5cccnc45)ccc23)CC1.